The zero-order valence-corrected chi connectivity index (χ0v) is 18.2. The Balaban J connectivity index is 1.41. The summed E-state index contributed by atoms with van der Waals surface area (Å²) in [4.78, 5) is 29.7. The number of esters is 1. The molecule has 4 aromatic rings. The van der Waals surface area contributed by atoms with E-state index >= 15 is 0 Å². The molecule has 8 heteroatoms. The summed E-state index contributed by atoms with van der Waals surface area (Å²) in [6.45, 7) is 2.78. The number of rotatable bonds is 9. The Morgan fingerprint density at radius 2 is 1.76 bits per heavy atom. The van der Waals surface area contributed by atoms with Crippen LogP contribution in [0.5, 0.6) is 5.75 Å². The number of hydrogen-bond donors (Lipinski definition) is 1. The number of nitrogens with one attached hydrogen (secondary N) is 1. The summed E-state index contributed by atoms with van der Waals surface area (Å²) in [6, 6.07) is 20.5. The number of carbonyl (C=O) groups is 2. The summed E-state index contributed by atoms with van der Waals surface area (Å²) in [7, 11) is 0. The number of amides is 1. The molecule has 2 heterocycles. The third kappa shape index (κ3) is 5.35. The maximum absolute atomic E-state index is 12.9. The minimum atomic E-state index is -0.606. The van der Waals surface area contributed by atoms with Crippen molar-refractivity contribution >= 4 is 22.9 Å². The van der Waals surface area contributed by atoms with Crippen LogP contribution in [0.15, 0.2) is 72.9 Å². The van der Waals surface area contributed by atoms with Crippen molar-refractivity contribution in [1.82, 2.24) is 20.1 Å². The first kappa shape index (κ1) is 22.0. The van der Waals surface area contributed by atoms with Crippen LogP contribution in [-0.4, -0.2) is 46.4 Å². The van der Waals surface area contributed by atoms with E-state index in [1.165, 1.54) is 0 Å². The molecular weight excluding hydrogens is 420 g/mol. The summed E-state index contributed by atoms with van der Waals surface area (Å²) < 4.78 is 12.5. The summed E-state index contributed by atoms with van der Waals surface area (Å²) in [6.07, 6.45) is 1.60. The number of ether oxygens (including phenoxy) is 2. The first-order valence-corrected chi connectivity index (χ1v) is 10.7. The van der Waals surface area contributed by atoms with Gasteiger partial charge in [0.05, 0.1) is 29.4 Å². The number of nitrogens with zero attached hydrogens (tertiary/aromatic N) is 3. The normalized spacial score (nSPS) is 10.7. The second-order valence-corrected chi connectivity index (χ2v) is 7.21. The molecule has 0 spiro atoms. The van der Waals surface area contributed by atoms with Crippen molar-refractivity contribution in [3.8, 4) is 17.0 Å². The van der Waals surface area contributed by atoms with Crippen LogP contribution in [0.1, 0.15) is 17.3 Å². The molecule has 0 aliphatic heterocycles. The van der Waals surface area contributed by atoms with Crippen LogP contribution in [0.2, 0.25) is 0 Å². The van der Waals surface area contributed by atoms with Gasteiger partial charge < -0.3 is 14.8 Å². The van der Waals surface area contributed by atoms with Gasteiger partial charge in [-0.25, -0.2) is 14.5 Å². The molecule has 2 aromatic carbocycles. The molecule has 4 rings (SSSR count). The van der Waals surface area contributed by atoms with Crippen LogP contribution in [-0.2, 0) is 16.1 Å². The minimum absolute atomic E-state index is 0.298. The first-order chi connectivity index (χ1) is 16.2. The Kier molecular flexibility index (Phi) is 6.94. The van der Waals surface area contributed by atoms with Crippen LogP contribution in [0.4, 0.5) is 0 Å². The van der Waals surface area contributed by atoms with E-state index in [4.69, 9.17) is 9.47 Å². The van der Waals surface area contributed by atoms with Crippen molar-refractivity contribution in [3.05, 3.63) is 78.5 Å². The van der Waals surface area contributed by atoms with Gasteiger partial charge in [-0.2, -0.15) is 5.10 Å². The van der Waals surface area contributed by atoms with Gasteiger partial charge in [0.15, 0.2) is 12.3 Å². The number of para-hydroxylation sites is 1. The Morgan fingerprint density at radius 1 is 1.03 bits per heavy atom. The van der Waals surface area contributed by atoms with Crippen molar-refractivity contribution in [2.45, 2.75) is 13.5 Å². The Morgan fingerprint density at radius 3 is 2.48 bits per heavy atom. The van der Waals surface area contributed by atoms with E-state index < -0.39 is 18.5 Å². The van der Waals surface area contributed by atoms with Crippen molar-refractivity contribution in [3.63, 3.8) is 0 Å². The minimum Gasteiger partial charge on any atom is -0.492 e. The molecule has 8 nitrogen and oxygen atoms in total. The van der Waals surface area contributed by atoms with Crippen molar-refractivity contribution in [2.24, 2.45) is 0 Å². The fourth-order valence-corrected chi connectivity index (χ4v) is 3.34. The molecule has 168 valence electrons. The van der Waals surface area contributed by atoms with Crippen LogP contribution >= 0.6 is 0 Å². The first-order valence-electron chi connectivity index (χ1n) is 10.7. The average Bonchev–Trinajstić information content (AvgIpc) is 3.29. The molecule has 1 amide bonds. The van der Waals surface area contributed by atoms with E-state index in [0.29, 0.717) is 42.0 Å². The van der Waals surface area contributed by atoms with E-state index in [1.54, 1.807) is 16.9 Å². The molecule has 0 bridgehead atoms. The highest BCUT2D eigenvalue weighted by molar-refractivity contribution is 6.04. The maximum Gasteiger partial charge on any atom is 0.339 e. The summed E-state index contributed by atoms with van der Waals surface area (Å²) >= 11 is 0. The average molecular weight is 444 g/mol. The Labute approximate surface area is 191 Å². The number of fused-ring (bicyclic) bond motifs is 1. The highest BCUT2D eigenvalue weighted by Crippen LogP contribution is 2.25. The van der Waals surface area contributed by atoms with Gasteiger partial charge in [-0.15, -0.1) is 0 Å². The molecule has 0 fully saturated rings. The lowest BCUT2D eigenvalue weighted by Crippen LogP contribution is -2.32. The van der Waals surface area contributed by atoms with Crippen molar-refractivity contribution < 1.29 is 19.1 Å². The summed E-state index contributed by atoms with van der Waals surface area (Å²) in [5.41, 5.74) is 2.41. The molecule has 2 aromatic heterocycles. The monoisotopic (exact) mass is 444 g/mol. The van der Waals surface area contributed by atoms with Crippen LogP contribution < -0.4 is 10.1 Å². The molecule has 0 saturated heterocycles. The van der Waals surface area contributed by atoms with Gasteiger partial charge in [-0.3, -0.25) is 4.79 Å². The molecule has 33 heavy (non-hydrogen) atoms. The summed E-state index contributed by atoms with van der Waals surface area (Å²) in [5.74, 6) is -0.287. The second-order valence-electron chi connectivity index (χ2n) is 7.21. The van der Waals surface area contributed by atoms with Gasteiger partial charge in [-0.1, -0.05) is 48.5 Å². The van der Waals surface area contributed by atoms with Crippen LogP contribution in [0.3, 0.4) is 0 Å². The zero-order valence-electron chi connectivity index (χ0n) is 18.2. The molecule has 0 aliphatic carbocycles. The zero-order chi connectivity index (χ0) is 23.0. The molecule has 1 N–H and O–H groups in total. The maximum atomic E-state index is 12.9. The third-order valence-electron chi connectivity index (χ3n) is 4.97. The fraction of sp³-hybridized carbons (Fsp3) is 0.200. The van der Waals surface area contributed by atoms with E-state index in [1.807, 2.05) is 67.6 Å². The van der Waals surface area contributed by atoms with E-state index in [2.05, 4.69) is 15.4 Å². The molecule has 0 aliphatic rings. The lowest BCUT2D eigenvalue weighted by atomic mass is 10.1. The van der Waals surface area contributed by atoms with Gasteiger partial charge in [0.1, 0.15) is 12.4 Å². The van der Waals surface area contributed by atoms with Crippen molar-refractivity contribution in [1.29, 1.82) is 0 Å². The third-order valence-corrected chi connectivity index (χ3v) is 4.97. The molecule has 0 radical (unpaired) electrons. The predicted octanol–water partition coefficient (Wildman–Crippen LogP) is 3.47. The SMILES string of the molecule is CCn1ncc2c(C(=O)OCC(=O)NCCOc3ccccc3)cc(-c3ccccc3)nc21. The quantitative estimate of drug-likeness (QED) is 0.314. The predicted molar refractivity (Wildman–Crippen MR) is 124 cm³/mol. The molecular formula is C25H24N4O4. The highest BCUT2D eigenvalue weighted by Gasteiger charge is 2.19. The van der Waals surface area contributed by atoms with Gasteiger partial charge in [-0.05, 0) is 25.1 Å². The van der Waals surface area contributed by atoms with Gasteiger partial charge in [0, 0.05) is 12.1 Å². The smallest absolute Gasteiger partial charge is 0.339 e. The van der Waals surface area contributed by atoms with E-state index in [-0.39, 0.29) is 0 Å². The highest BCUT2D eigenvalue weighted by atomic mass is 16.5. The Bertz CT molecular complexity index is 1240. The number of aromatic nitrogens is 3. The van der Waals surface area contributed by atoms with Gasteiger partial charge in [0.2, 0.25) is 0 Å². The number of aryl methyl sites for hydroxylation is 1. The lowest BCUT2D eigenvalue weighted by molar-refractivity contribution is -0.124. The second kappa shape index (κ2) is 10.4. The molecule has 0 atom stereocenters. The van der Waals surface area contributed by atoms with Gasteiger partial charge in [0.25, 0.3) is 5.91 Å². The van der Waals surface area contributed by atoms with Crippen molar-refractivity contribution in [2.75, 3.05) is 19.8 Å². The topological polar surface area (TPSA) is 95.3 Å². The Hall–Kier alpha value is -4.20. The fourth-order valence-electron chi connectivity index (χ4n) is 3.34. The van der Waals surface area contributed by atoms with Crippen LogP contribution in [0.25, 0.3) is 22.3 Å². The number of benzene rings is 2. The molecule has 0 unspecified atom stereocenters. The molecule has 0 saturated carbocycles. The lowest BCUT2D eigenvalue weighted by Gasteiger charge is -2.10. The number of hydrogen-bond acceptors (Lipinski definition) is 6. The standard InChI is InChI=1S/C25H24N4O4/c1-2-29-24-21(16-27-29)20(15-22(28-24)18-9-5-3-6-10-18)25(31)33-17-23(30)26-13-14-32-19-11-7-4-8-12-19/h3-12,15-16H,2,13-14,17H2,1H3,(H,26,30). The van der Waals surface area contributed by atoms with E-state index in [0.717, 1.165) is 11.3 Å². The largest absolute Gasteiger partial charge is 0.492 e. The summed E-state index contributed by atoms with van der Waals surface area (Å²) in [5, 5.41) is 7.57. The van der Waals surface area contributed by atoms with Gasteiger partial charge >= 0.3 is 5.97 Å². The van der Waals surface area contributed by atoms with E-state index in [9.17, 15) is 9.59 Å². The number of carbonyl (C=O) groups excluding carboxylic acids is 2. The van der Waals surface area contributed by atoms with Crippen LogP contribution in [0, 0.1) is 0 Å². The number of pyridine rings is 1.